The molecule has 3 aliphatic rings. The Hall–Kier alpha value is -1.70. The van der Waals surface area contributed by atoms with Crippen molar-refractivity contribution in [3.05, 3.63) is 22.9 Å². The fraction of sp³-hybridized carbons (Fsp3) is 0.684. The Morgan fingerprint density at radius 2 is 1.96 bits per heavy atom. The van der Waals surface area contributed by atoms with Gasteiger partial charge in [0.15, 0.2) is 0 Å². The lowest BCUT2D eigenvalue weighted by molar-refractivity contribution is 0.0137. The molecule has 0 spiro atoms. The summed E-state index contributed by atoms with van der Waals surface area (Å²) >= 11 is 0. The van der Waals surface area contributed by atoms with Crippen LogP contribution in [0.3, 0.4) is 0 Å². The summed E-state index contributed by atoms with van der Waals surface area (Å²) in [5.41, 5.74) is 2.37. The molecule has 2 fully saturated rings. The van der Waals surface area contributed by atoms with Gasteiger partial charge in [-0.2, -0.15) is 0 Å². The van der Waals surface area contributed by atoms with Crippen molar-refractivity contribution >= 4 is 11.8 Å². The molecule has 0 amide bonds. The Morgan fingerprint density at radius 1 is 1.19 bits per heavy atom. The van der Waals surface area contributed by atoms with Crippen molar-refractivity contribution in [3.63, 3.8) is 0 Å². The third-order valence-corrected chi connectivity index (χ3v) is 6.11. The molecule has 0 aromatic carbocycles. The Morgan fingerprint density at radius 3 is 2.65 bits per heavy atom. The first kappa shape index (κ1) is 17.7. The lowest BCUT2D eigenvalue weighted by Gasteiger charge is -2.45. The SMILES string of the molecule is CN1CCN([C@@H]2CCN(c3nc4c(cc3C(=O)O)CCC4)C[C@H]2O)CC1. The molecular formula is C19H28N4O3. The van der Waals surface area contributed by atoms with Gasteiger partial charge < -0.3 is 20.0 Å². The van der Waals surface area contributed by atoms with Crippen molar-refractivity contribution in [3.8, 4) is 0 Å². The molecule has 2 N–H and O–H groups in total. The van der Waals surface area contributed by atoms with Gasteiger partial charge in [-0.05, 0) is 44.4 Å². The maximum absolute atomic E-state index is 11.7. The lowest BCUT2D eigenvalue weighted by Crippen LogP contribution is -2.58. The highest BCUT2D eigenvalue weighted by molar-refractivity contribution is 5.93. The van der Waals surface area contributed by atoms with E-state index in [-0.39, 0.29) is 11.6 Å². The van der Waals surface area contributed by atoms with Gasteiger partial charge in [0.1, 0.15) is 11.4 Å². The van der Waals surface area contributed by atoms with E-state index in [2.05, 4.69) is 16.8 Å². The summed E-state index contributed by atoms with van der Waals surface area (Å²) in [5.74, 6) is -0.396. The van der Waals surface area contributed by atoms with Crippen molar-refractivity contribution in [1.29, 1.82) is 0 Å². The number of aryl methyl sites for hydroxylation is 2. The van der Waals surface area contributed by atoms with Crippen LogP contribution >= 0.6 is 0 Å². The maximum Gasteiger partial charge on any atom is 0.339 e. The van der Waals surface area contributed by atoms with Crippen molar-refractivity contribution in [2.24, 2.45) is 0 Å². The number of aliphatic hydroxyl groups is 1. The summed E-state index contributed by atoms with van der Waals surface area (Å²) in [4.78, 5) is 23.1. The molecule has 7 nitrogen and oxygen atoms in total. The second kappa shape index (κ2) is 7.13. The number of β-amino-alcohol motifs (C(OH)–C–C–N with tert-alkyl or cyclic N) is 1. The number of aromatic carboxylic acids is 1. The average Bonchev–Trinajstić information content (AvgIpc) is 3.09. The molecule has 7 heteroatoms. The van der Waals surface area contributed by atoms with Gasteiger partial charge >= 0.3 is 5.97 Å². The van der Waals surface area contributed by atoms with Crippen LogP contribution in [0.25, 0.3) is 0 Å². The topological polar surface area (TPSA) is 80.1 Å². The van der Waals surface area contributed by atoms with E-state index in [9.17, 15) is 15.0 Å². The molecule has 3 heterocycles. The molecule has 2 aliphatic heterocycles. The third kappa shape index (κ3) is 3.31. The van der Waals surface area contributed by atoms with E-state index in [1.54, 1.807) is 6.07 Å². The molecule has 0 bridgehead atoms. The number of likely N-dealkylation sites (N-methyl/N-ethyl adjacent to an activating group) is 1. The molecular weight excluding hydrogens is 332 g/mol. The summed E-state index contributed by atoms with van der Waals surface area (Å²) in [6.07, 6.45) is 3.23. The predicted molar refractivity (Wildman–Crippen MR) is 98.9 cm³/mol. The Labute approximate surface area is 154 Å². The minimum atomic E-state index is -0.933. The van der Waals surface area contributed by atoms with E-state index < -0.39 is 12.1 Å². The monoisotopic (exact) mass is 360 g/mol. The summed E-state index contributed by atoms with van der Waals surface area (Å²) in [6.45, 7) is 5.21. The molecule has 2 atom stereocenters. The van der Waals surface area contributed by atoms with E-state index in [0.717, 1.165) is 69.7 Å². The Bertz CT molecular complexity index is 688. The molecule has 1 aromatic heterocycles. The number of carboxylic acid groups (broad SMARTS) is 1. The van der Waals surface area contributed by atoms with E-state index in [4.69, 9.17) is 4.98 Å². The molecule has 4 rings (SSSR count). The van der Waals surface area contributed by atoms with Gasteiger partial charge in [-0.3, -0.25) is 4.90 Å². The molecule has 0 unspecified atom stereocenters. The number of pyridine rings is 1. The largest absolute Gasteiger partial charge is 0.478 e. The zero-order valence-corrected chi connectivity index (χ0v) is 15.4. The second-order valence-corrected chi connectivity index (χ2v) is 7.83. The molecule has 1 aromatic rings. The number of aromatic nitrogens is 1. The fourth-order valence-corrected chi connectivity index (χ4v) is 4.55. The number of anilines is 1. The Kier molecular flexibility index (Phi) is 4.86. The van der Waals surface area contributed by atoms with Gasteiger partial charge in [0, 0.05) is 51.0 Å². The van der Waals surface area contributed by atoms with Crippen LogP contribution in [0.15, 0.2) is 6.07 Å². The van der Waals surface area contributed by atoms with Crippen molar-refractivity contribution in [2.75, 3.05) is 51.2 Å². The van der Waals surface area contributed by atoms with Crippen molar-refractivity contribution in [1.82, 2.24) is 14.8 Å². The predicted octanol–water partition coefficient (Wildman–Crippen LogP) is 0.456. The van der Waals surface area contributed by atoms with E-state index in [0.29, 0.717) is 12.4 Å². The van der Waals surface area contributed by atoms with Gasteiger partial charge in [0.25, 0.3) is 0 Å². The van der Waals surface area contributed by atoms with Gasteiger partial charge in [-0.1, -0.05) is 0 Å². The first-order chi connectivity index (χ1) is 12.5. The number of fused-ring (bicyclic) bond motifs is 1. The zero-order chi connectivity index (χ0) is 18.3. The van der Waals surface area contributed by atoms with Crippen molar-refractivity contribution in [2.45, 2.75) is 37.8 Å². The maximum atomic E-state index is 11.7. The van der Waals surface area contributed by atoms with E-state index in [1.807, 2.05) is 4.90 Å². The van der Waals surface area contributed by atoms with Crippen LogP contribution in [0.2, 0.25) is 0 Å². The minimum absolute atomic E-state index is 0.155. The van der Waals surface area contributed by atoms with Gasteiger partial charge in [-0.25, -0.2) is 9.78 Å². The van der Waals surface area contributed by atoms with Crippen molar-refractivity contribution < 1.29 is 15.0 Å². The highest BCUT2D eigenvalue weighted by Gasteiger charge is 2.35. The Balaban J connectivity index is 1.51. The first-order valence-electron chi connectivity index (χ1n) is 9.64. The standard InChI is InChI=1S/C19H28N4O3/c1-21-7-9-22(10-8-21)16-5-6-23(12-17(16)24)18-14(19(25)26)11-13-3-2-4-15(13)20-18/h11,16-17,24H,2-10,12H2,1H3,(H,25,26)/t16-,17-/m1/s1. The third-order valence-electron chi connectivity index (χ3n) is 6.11. The first-order valence-corrected chi connectivity index (χ1v) is 9.64. The number of hydrogen-bond acceptors (Lipinski definition) is 6. The van der Waals surface area contributed by atoms with E-state index in [1.165, 1.54) is 0 Å². The molecule has 26 heavy (non-hydrogen) atoms. The minimum Gasteiger partial charge on any atom is -0.478 e. The van der Waals surface area contributed by atoms with Gasteiger partial charge in [0.05, 0.1) is 6.10 Å². The molecule has 142 valence electrons. The molecule has 1 aliphatic carbocycles. The average molecular weight is 360 g/mol. The van der Waals surface area contributed by atoms with Crippen LogP contribution in [0.4, 0.5) is 5.82 Å². The van der Waals surface area contributed by atoms with E-state index >= 15 is 0 Å². The number of nitrogens with zero attached hydrogens (tertiary/aromatic N) is 4. The van der Waals surface area contributed by atoms with Gasteiger partial charge in [0.2, 0.25) is 0 Å². The van der Waals surface area contributed by atoms with Crippen LogP contribution in [-0.4, -0.2) is 89.4 Å². The number of aliphatic hydroxyl groups excluding tert-OH is 1. The second-order valence-electron chi connectivity index (χ2n) is 7.83. The zero-order valence-electron chi connectivity index (χ0n) is 15.4. The summed E-state index contributed by atoms with van der Waals surface area (Å²) in [6, 6.07) is 1.95. The summed E-state index contributed by atoms with van der Waals surface area (Å²) < 4.78 is 0. The van der Waals surface area contributed by atoms with Crippen LogP contribution in [0, 0.1) is 0 Å². The molecule has 0 radical (unpaired) electrons. The van der Waals surface area contributed by atoms with Crippen LogP contribution in [-0.2, 0) is 12.8 Å². The molecule has 0 saturated carbocycles. The highest BCUT2D eigenvalue weighted by atomic mass is 16.4. The number of hydrogen-bond donors (Lipinski definition) is 2. The quantitative estimate of drug-likeness (QED) is 0.810. The smallest absolute Gasteiger partial charge is 0.339 e. The number of carboxylic acids is 1. The molecule has 2 saturated heterocycles. The normalized spacial score (nSPS) is 27.5. The highest BCUT2D eigenvalue weighted by Crippen LogP contribution is 2.30. The fourth-order valence-electron chi connectivity index (χ4n) is 4.55. The van der Waals surface area contributed by atoms with Crippen LogP contribution in [0.5, 0.6) is 0 Å². The number of rotatable bonds is 3. The lowest BCUT2D eigenvalue weighted by atomic mass is 9.98. The van der Waals surface area contributed by atoms with Crippen LogP contribution in [0.1, 0.15) is 34.5 Å². The number of piperidine rings is 1. The number of piperazine rings is 1. The summed E-state index contributed by atoms with van der Waals surface area (Å²) in [7, 11) is 2.13. The van der Waals surface area contributed by atoms with Gasteiger partial charge in [-0.15, -0.1) is 0 Å². The number of carbonyl (C=O) groups is 1. The van der Waals surface area contributed by atoms with Crippen LogP contribution < -0.4 is 4.90 Å². The summed E-state index contributed by atoms with van der Waals surface area (Å²) in [5, 5.41) is 20.4.